The Morgan fingerprint density at radius 2 is 2.00 bits per heavy atom. The molecular weight excluding hydrogens is 426 g/mol. The molecule has 0 radical (unpaired) electrons. The molecule has 11 heteroatoms. The predicted molar refractivity (Wildman–Crippen MR) is 103 cm³/mol. The number of hydrogen-bond acceptors (Lipinski definition) is 6. The Morgan fingerprint density at radius 3 is 2.73 bits per heavy atom. The Labute approximate surface area is 175 Å². The fraction of sp³-hybridized carbons (Fsp3) is 0.632. The molecule has 5 heterocycles. The second-order valence-corrected chi connectivity index (χ2v) is 8.79. The van der Waals surface area contributed by atoms with E-state index in [1.54, 1.807) is 6.92 Å². The number of pyridine rings is 1. The summed E-state index contributed by atoms with van der Waals surface area (Å²) in [6, 6.07) is -0.142. The number of anilines is 1. The van der Waals surface area contributed by atoms with E-state index in [0.717, 1.165) is 19.4 Å². The monoisotopic (exact) mass is 445 g/mol. The maximum Gasteiger partial charge on any atom is 0.319 e. The molecule has 0 spiro atoms. The SMILES string of the molecule is Cc1nc(Cl)c(F)c2nc(OC[C@@]34CCCN3C[C@H](F)C4)nc(N3CC(F)(F)C3)c12. The lowest BCUT2D eigenvalue weighted by atomic mass is 9.95. The van der Waals surface area contributed by atoms with Crippen molar-refractivity contribution in [2.75, 3.05) is 37.7 Å². The van der Waals surface area contributed by atoms with Crippen LogP contribution in [0.15, 0.2) is 0 Å². The number of aryl methyl sites for hydroxylation is 1. The lowest BCUT2D eigenvalue weighted by Crippen LogP contribution is -2.56. The smallest absolute Gasteiger partial charge is 0.319 e. The molecule has 0 aromatic carbocycles. The van der Waals surface area contributed by atoms with E-state index in [4.69, 9.17) is 16.3 Å². The first-order valence-corrected chi connectivity index (χ1v) is 10.2. The van der Waals surface area contributed by atoms with E-state index in [0.29, 0.717) is 18.7 Å². The zero-order valence-corrected chi connectivity index (χ0v) is 17.0. The van der Waals surface area contributed by atoms with Gasteiger partial charge in [0.15, 0.2) is 11.0 Å². The number of hydrogen-bond donors (Lipinski definition) is 0. The van der Waals surface area contributed by atoms with E-state index in [1.165, 1.54) is 4.90 Å². The van der Waals surface area contributed by atoms with Crippen LogP contribution in [0.3, 0.4) is 0 Å². The van der Waals surface area contributed by atoms with Crippen LogP contribution < -0.4 is 9.64 Å². The number of ether oxygens (including phenoxy) is 1. The summed E-state index contributed by atoms with van der Waals surface area (Å²) in [7, 11) is 0. The normalized spacial score (nSPS) is 28.1. The fourth-order valence-electron chi connectivity index (χ4n) is 4.87. The van der Waals surface area contributed by atoms with Gasteiger partial charge in [-0.15, -0.1) is 0 Å². The molecule has 3 saturated heterocycles. The highest BCUT2D eigenvalue weighted by Gasteiger charge is 2.49. The van der Waals surface area contributed by atoms with Gasteiger partial charge in [0.1, 0.15) is 24.1 Å². The number of rotatable bonds is 4. The Balaban J connectivity index is 1.52. The summed E-state index contributed by atoms with van der Waals surface area (Å²) in [6.07, 6.45) is 1.16. The van der Waals surface area contributed by atoms with E-state index in [9.17, 15) is 17.6 Å². The average molecular weight is 446 g/mol. The first kappa shape index (κ1) is 20.0. The minimum absolute atomic E-state index is 0.127. The zero-order chi connectivity index (χ0) is 21.3. The van der Waals surface area contributed by atoms with Crippen LogP contribution in [0.2, 0.25) is 5.15 Å². The largest absolute Gasteiger partial charge is 0.461 e. The number of nitrogens with zero attached hydrogens (tertiary/aromatic N) is 5. The predicted octanol–water partition coefficient (Wildman–Crippen LogP) is 3.54. The van der Waals surface area contributed by atoms with Crippen LogP contribution >= 0.6 is 11.6 Å². The summed E-state index contributed by atoms with van der Waals surface area (Å²) in [5.41, 5.74) is -0.227. The quantitative estimate of drug-likeness (QED) is 0.530. The lowest BCUT2D eigenvalue weighted by molar-refractivity contribution is -0.0266. The van der Waals surface area contributed by atoms with Gasteiger partial charge in [-0.2, -0.15) is 9.97 Å². The fourth-order valence-corrected chi connectivity index (χ4v) is 5.09. The molecule has 3 fully saturated rings. The molecule has 3 aliphatic rings. The second kappa shape index (κ2) is 6.78. The standard InChI is InChI=1S/C19H20ClF4N5O/c1-10-12-14(13(22)15(20)25-10)26-17(27-16(12)28-7-19(23,24)8-28)30-9-18-3-2-4-29(18)6-11(21)5-18/h11H,2-9H2,1H3/t11-,18+/m1/s1. The van der Waals surface area contributed by atoms with Gasteiger partial charge in [-0.3, -0.25) is 4.90 Å². The van der Waals surface area contributed by atoms with Crippen molar-refractivity contribution in [2.45, 2.75) is 43.8 Å². The summed E-state index contributed by atoms with van der Waals surface area (Å²) in [5.74, 6) is -3.56. The third-order valence-electron chi connectivity index (χ3n) is 6.26. The highest BCUT2D eigenvalue weighted by molar-refractivity contribution is 6.30. The van der Waals surface area contributed by atoms with E-state index in [-0.39, 0.29) is 34.5 Å². The number of alkyl halides is 3. The molecule has 162 valence electrons. The van der Waals surface area contributed by atoms with Gasteiger partial charge in [0.25, 0.3) is 5.92 Å². The molecule has 6 nitrogen and oxygen atoms in total. The van der Waals surface area contributed by atoms with Gasteiger partial charge >= 0.3 is 6.01 Å². The highest BCUT2D eigenvalue weighted by Crippen LogP contribution is 2.41. The summed E-state index contributed by atoms with van der Waals surface area (Å²) in [4.78, 5) is 15.8. The Kier molecular flexibility index (Phi) is 4.52. The molecule has 0 unspecified atom stereocenters. The topological polar surface area (TPSA) is 54.4 Å². The van der Waals surface area contributed by atoms with Gasteiger partial charge in [0.05, 0.1) is 29.7 Å². The maximum atomic E-state index is 14.7. The van der Waals surface area contributed by atoms with Crippen molar-refractivity contribution in [3.63, 3.8) is 0 Å². The second-order valence-electron chi connectivity index (χ2n) is 8.43. The summed E-state index contributed by atoms with van der Waals surface area (Å²) in [5, 5.41) is -0.133. The van der Waals surface area contributed by atoms with Gasteiger partial charge in [-0.1, -0.05) is 11.6 Å². The molecule has 5 rings (SSSR count). The van der Waals surface area contributed by atoms with Crippen LogP contribution in [-0.2, 0) is 0 Å². The van der Waals surface area contributed by atoms with Gasteiger partial charge in [0.2, 0.25) is 0 Å². The Hall–Kier alpha value is -1.94. The minimum atomic E-state index is -2.84. The van der Waals surface area contributed by atoms with Crippen molar-refractivity contribution in [3.05, 3.63) is 16.7 Å². The first-order chi connectivity index (χ1) is 14.2. The highest BCUT2D eigenvalue weighted by atomic mass is 35.5. The molecule has 0 bridgehead atoms. The molecule has 0 amide bonds. The van der Waals surface area contributed by atoms with Crippen LogP contribution in [0, 0.1) is 12.7 Å². The summed E-state index contributed by atoms with van der Waals surface area (Å²) >= 11 is 5.87. The lowest BCUT2D eigenvalue weighted by Gasteiger charge is -2.40. The molecule has 2 aromatic heterocycles. The molecule has 0 aliphatic carbocycles. The molecular formula is C19H20ClF4N5O. The Bertz CT molecular complexity index is 1020. The van der Waals surface area contributed by atoms with Gasteiger partial charge < -0.3 is 9.64 Å². The summed E-state index contributed by atoms with van der Waals surface area (Å²) < 4.78 is 61.5. The van der Waals surface area contributed by atoms with Crippen molar-refractivity contribution >= 4 is 28.3 Å². The van der Waals surface area contributed by atoms with E-state index in [1.807, 2.05) is 0 Å². The van der Waals surface area contributed by atoms with Crippen LogP contribution in [0.1, 0.15) is 25.0 Å². The van der Waals surface area contributed by atoms with Crippen molar-refractivity contribution in [1.29, 1.82) is 0 Å². The zero-order valence-electron chi connectivity index (χ0n) is 16.3. The van der Waals surface area contributed by atoms with E-state index >= 15 is 0 Å². The van der Waals surface area contributed by atoms with Crippen molar-refractivity contribution in [2.24, 2.45) is 0 Å². The van der Waals surface area contributed by atoms with Gasteiger partial charge in [-0.25, -0.2) is 22.5 Å². The maximum absolute atomic E-state index is 14.7. The first-order valence-electron chi connectivity index (χ1n) is 9.85. The van der Waals surface area contributed by atoms with Gasteiger partial charge in [-0.05, 0) is 26.3 Å². The molecule has 0 N–H and O–H groups in total. The number of aromatic nitrogens is 3. The van der Waals surface area contributed by atoms with E-state index < -0.39 is 36.5 Å². The third kappa shape index (κ3) is 3.15. The van der Waals surface area contributed by atoms with Gasteiger partial charge in [0, 0.05) is 13.0 Å². The van der Waals surface area contributed by atoms with Crippen molar-refractivity contribution in [1.82, 2.24) is 19.9 Å². The molecule has 2 aromatic rings. The molecule has 3 aliphatic heterocycles. The number of fused-ring (bicyclic) bond motifs is 2. The van der Waals surface area contributed by atoms with Crippen molar-refractivity contribution in [3.8, 4) is 6.01 Å². The summed E-state index contributed by atoms with van der Waals surface area (Å²) in [6.45, 7) is 1.83. The van der Waals surface area contributed by atoms with Crippen LogP contribution in [-0.4, -0.2) is 70.3 Å². The van der Waals surface area contributed by atoms with Crippen molar-refractivity contribution < 1.29 is 22.3 Å². The van der Waals surface area contributed by atoms with E-state index in [2.05, 4.69) is 19.9 Å². The Morgan fingerprint density at radius 1 is 1.23 bits per heavy atom. The minimum Gasteiger partial charge on any atom is -0.461 e. The van der Waals surface area contributed by atoms with Crippen LogP contribution in [0.4, 0.5) is 23.4 Å². The molecule has 30 heavy (non-hydrogen) atoms. The van der Waals surface area contributed by atoms with Crippen LogP contribution in [0.25, 0.3) is 10.9 Å². The third-order valence-corrected chi connectivity index (χ3v) is 6.51. The molecule has 0 saturated carbocycles. The average Bonchev–Trinajstić information content (AvgIpc) is 3.17. The number of halogens is 5. The van der Waals surface area contributed by atoms with Crippen LogP contribution in [0.5, 0.6) is 6.01 Å². The molecule has 2 atom stereocenters.